The van der Waals surface area contributed by atoms with E-state index in [2.05, 4.69) is 0 Å². The molecule has 162 valence electrons. The van der Waals surface area contributed by atoms with Crippen LogP contribution in [0.3, 0.4) is 0 Å². The van der Waals surface area contributed by atoms with Crippen molar-refractivity contribution in [1.29, 1.82) is 0 Å². The van der Waals surface area contributed by atoms with Gasteiger partial charge in [0.25, 0.3) is 11.8 Å². The molecule has 0 aliphatic carbocycles. The van der Waals surface area contributed by atoms with Crippen LogP contribution in [-0.2, 0) is 9.59 Å². The number of unbranched alkanes of at least 4 members (excludes halogenated alkanes) is 1. The van der Waals surface area contributed by atoms with Gasteiger partial charge < -0.3 is 10.2 Å². The number of carboxylic acids is 2. The van der Waals surface area contributed by atoms with Crippen LogP contribution in [0.1, 0.15) is 46.4 Å². The molecule has 2 aromatic rings. The monoisotopic (exact) mass is 418 g/mol. The second-order valence-corrected chi connectivity index (χ2v) is 5.67. The van der Waals surface area contributed by atoms with E-state index >= 15 is 0 Å². The largest absolute Gasteiger partial charge is 0.481 e. The first kappa shape index (κ1) is 26.2. The molecule has 2 rings (SSSR count). The number of carbonyl (C=O) groups excluding carboxylic acids is 2. The maximum atomic E-state index is 10.8. The first-order valence-electron chi connectivity index (χ1n) is 8.87. The third kappa shape index (κ3) is 13.4. The summed E-state index contributed by atoms with van der Waals surface area (Å²) in [7, 11) is 0. The van der Waals surface area contributed by atoms with Gasteiger partial charge in [0.1, 0.15) is 0 Å². The maximum absolute atomic E-state index is 10.8. The number of benzene rings is 2. The van der Waals surface area contributed by atoms with Gasteiger partial charge in [-0.2, -0.15) is 0 Å². The average Bonchev–Trinajstić information content (AvgIpc) is 2.77. The predicted molar refractivity (Wildman–Crippen MR) is 110 cm³/mol. The van der Waals surface area contributed by atoms with Gasteiger partial charge in [0.2, 0.25) is 0 Å². The normalized spacial score (nSPS) is 9.00. The number of nitrogens with two attached hydrogens (primary N) is 2. The lowest BCUT2D eigenvalue weighted by atomic mass is 10.2. The van der Waals surface area contributed by atoms with E-state index < -0.39 is 11.9 Å². The lowest BCUT2D eigenvalue weighted by molar-refractivity contribution is -0.139. The number of amides is 2. The van der Waals surface area contributed by atoms with Crippen LogP contribution in [0.5, 0.6) is 0 Å². The molecule has 0 aliphatic heterocycles. The van der Waals surface area contributed by atoms with E-state index in [9.17, 15) is 19.2 Å². The summed E-state index contributed by atoms with van der Waals surface area (Å²) < 4.78 is 0. The van der Waals surface area contributed by atoms with Crippen molar-refractivity contribution in [3.63, 3.8) is 0 Å². The summed E-state index contributed by atoms with van der Waals surface area (Å²) in [6, 6.07) is 17.6. The minimum atomic E-state index is -0.870. The van der Waals surface area contributed by atoms with Gasteiger partial charge in [0.05, 0.1) is 0 Å². The van der Waals surface area contributed by atoms with Crippen LogP contribution in [0.25, 0.3) is 0 Å². The van der Waals surface area contributed by atoms with Crippen molar-refractivity contribution in [2.24, 2.45) is 11.7 Å². The second kappa shape index (κ2) is 16.2. The zero-order valence-electron chi connectivity index (χ0n) is 16.3. The van der Waals surface area contributed by atoms with Crippen molar-refractivity contribution >= 4 is 23.8 Å². The Morgan fingerprint density at radius 1 is 0.633 bits per heavy atom. The van der Waals surface area contributed by atoms with Crippen LogP contribution in [-0.4, -0.2) is 34.0 Å². The van der Waals surface area contributed by atoms with Crippen LogP contribution in [0.4, 0.5) is 0 Å². The second-order valence-electron chi connectivity index (χ2n) is 5.67. The van der Waals surface area contributed by atoms with E-state index in [1.807, 2.05) is 23.0 Å². The van der Waals surface area contributed by atoms with E-state index in [0.29, 0.717) is 24.0 Å². The number of hydrogen-bond acceptors (Lipinski definition) is 6. The molecule has 8 N–H and O–H groups in total. The highest BCUT2D eigenvalue weighted by Crippen LogP contribution is 1.99. The van der Waals surface area contributed by atoms with Crippen molar-refractivity contribution in [2.75, 3.05) is 0 Å². The van der Waals surface area contributed by atoms with Crippen molar-refractivity contribution in [3.05, 3.63) is 71.8 Å². The fourth-order valence-electron chi connectivity index (χ4n) is 1.90. The molecule has 0 fully saturated rings. The molecule has 0 heterocycles. The Balaban J connectivity index is 0.000000420. The summed E-state index contributed by atoms with van der Waals surface area (Å²) >= 11 is 0. The Morgan fingerprint density at radius 3 is 1.17 bits per heavy atom. The summed E-state index contributed by atoms with van der Waals surface area (Å²) in [4.78, 5) is 41.3. The van der Waals surface area contributed by atoms with Crippen LogP contribution >= 0.6 is 0 Å². The van der Waals surface area contributed by atoms with E-state index in [0.717, 1.165) is 0 Å². The summed E-state index contributed by atoms with van der Waals surface area (Å²) in [5.74, 6) is 7.54. The quantitative estimate of drug-likeness (QED) is 0.168. The molecular formula is C20H26N4O6. The summed E-state index contributed by atoms with van der Waals surface area (Å²) in [6.07, 6.45) is 1.02. The fraction of sp³-hybridized carbons (Fsp3) is 0.200. The van der Waals surface area contributed by atoms with Crippen LogP contribution in [0.2, 0.25) is 0 Å². The predicted octanol–water partition coefficient (Wildman–Crippen LogP) is 1.30. The number of rotatable bonds is 7. The third-order valence-corrected chi connectivity index (χ3v) is 3.37. The van der Waals surface area contributed by atoms with Crippen LogP contribution < -0.4 is 22.5 Å². The Bertz CT molecular complexity index is 717. The zero-order chi connectivity index (χ0) is 22.8. The summed E-state index contributed by atoms with van der Waals surface area (Å²) in [6.45, 7) is 0. The molecule has 0 spiro atoms. The molecule has 0 aliphatic rings. The molecule has 10 heteroatoms. The molecular weight excluding hydrogens is 392 g/mol. The Hall–Kier alpha value is -3.76. The molecule has 2 amide bonds. The molecule has 0 saturated heterocycles. The first-order valence-corrected chi connectivity index (χ1v) is 8.87. The van der Waals surface area contributed by atoms with Crippen molar-refractivity contribution in [2.45, 2.75) is 25.7 Å². The molecule has 0 unspecified atom stereocenters. The van der Waals surface area contributed by atoms with Gasteiger partial charge in [-0.05, 0) is 37.1 Å². The summed E-state index contributed by atoms with van der Waals surface area (Å²) in [5, 5.41) is 16.3. The van der Waals surface area contributed by atoms with Gasteiger partial charge in [0, 0.05) is 24.0 Å². The highest BCUT2D eigenvalue weighted by molar-refractivity contribution is 5.94. The van der Waals surface area contributed by atoms with Crippen molar-refractivity contribution < 1.29 is 29.4 Å². The zero-order valence-corrected chi connectivity index (χ0v) is 16.3. The topological polar surface area (TPSA) is 185 Å². The highest BCUT2D eigenvalue weighted by atomic mass is 16.4. The molecule has 0 radical (unpaired) electrons. The van der Waals surface area contributed by atoms with Crippen molar-refractivity contribution in [3.8, 4) is 0 Å². The third-order valence-electron chi connectivity index (χ3n) is 3.37. The van der Waals surface area contributed by atoms with Crippen LogP contribution in [0.15, 0.2) is 60.7 Å². The van der Waals surface area contributed by atoms with Crippen LogP contribution in [0, 0.1) is 0 Å². The molecule has 30 heavy (non-hydrogen) atoms. The van der Waals surface area contributed by atoms with E-state index in [1.54, 1.807) is 48.5 Å². The minimum absolute atomic E-state index is 0.0628. The van der Waals surface area contributed by atoms with E-state index in [1.165, 1.54) is 0 Å². The van der Waals surface area contributed by atoms with E-state index in [4.69, 9.17) is 21.9 Å². The number of nitrogens with one attached hydrogen (secondary N) is 2. The smallest absolute Gasteiger partial charge is 0.303 e. The van der Waals surface area contributed by atoms with Gasteiger partial charge >= 0.3 is 11.9 Å². The molecule has 0 bridgehead atoms. The number of aliphatic carboxylic acids is 2. The lowest BCUT2D eigenvalue weighted by Crippen LogP contribution is -2.29. The van der Waals surface area contributed by atoms with Gasteiger partial charge in [-0.1, -0.05) is 36.4 Å². The van der Waals surface area contributed by atoms with Gasteiger partial charge in [-0.25, -0.2) is 11.7 Å². The Morgan fingerprint density at radius 2 is 0.933 bits per heavy atom. The number of hydrogen-bond donors (Lipinski definition) is 6. The number of nitrogen functional groups attached to an aromatic ring is 2. The molecule has 0 saturated carbocycles. The standard InChI is InChI=1S/2C7H8N2O.C6H10O4/c2*8-9-7(10)6-4-2-1-3-5-6;7-5(8)3-1-2-4-6(9)10/h2*1-5H,8H2,(H,9,10);1-4H2,(H,7,8)(H,9,10). The van der Waals surface area contributed by atoms with E-state index in [-0.39, 0.29) is 24.7 Å². The Kier molecular flexibility index (Phi) is 14.2. The Labute approximate surface area is 173 Å². The minimum Gasteiger partial charge on any atom is -0.481 e. The lowest BCUT2D eigenvalue weighted by Gasteiger charge is -1.95. The molecule has 2 aromatic carbocycles. The van der Waals surface area contributed by atoms with Gasteiger partial charge in [-0.15, -0.1) is 0 Å². The molecule has 10 nitrogen and oxygen atoms in total. The SMILES string of the molecule is NNC(=O)c1ccccc1.NNC(=O)c1ccccc1.O=C(O)CCCCC(=O)O. The number of carboxylic acid groups (broad SMARTS) is 2. The average molecular weight is 418 g/mol. The van der Waals surface area contributed by atoms with Gasteiger partial charge in [0.15, 0.2) is 0 Å². The summed E-state index contributed by atoms with van der Waals surface area (Å²) in [5.41, 5.74) is 5.23. The fourth-order valence-corrected chi connectivity index (χ4v) is 1.90. The van der Waals surface area contributed by atoms with Crippen molar-refractivity contribution in [1.82, 2.24) is 10.9 Å². The molecule has 0 aromatic heterocycles. The maximum Gasteiger partial charge on any atom is 0.303 e. The number of hydrazine groups is 2. The molecule has 0 atom stereocenters. The first-order chi connectivity index (χ1) is 14.3. The number of carbonyl (C=O) groups is 4. The highest BCUT2D eigenvalue weighted by Gasteiger charge is 2.00. The van der Waals surface area contributed by atoms with Gasteiger partial charge in [-0.3, -0.25) is 30.0 Å².